The molecule has 0 saturated carbocycles. The first-order chi connectivity index (χ1) is 8.47. The number of carboxylic acids is 1. The molecule has 0 aromatic heterocycles. The van der Waals surface area contributed by atoms with E-state index in [1.54, 1.807) is 12.0 Å². The number of rotatable bonds is 8. The Morgan fingerprint density at radius 1 is 1.50 bits per heavy atom. The molecule has 0 aliphatic heterocycles. The molecule has 0 fully saturated rings. The maximum absolute atomic E-state index is 12.2. The van der Waals surface area contributed by atoms with Gasteiger partial charge in [-0.2, -0.15) is 0 Å². The Balaban J connectivity index is 4.78. The van der Waals surface area contributed by atoms with Gasteiger partial charge in [-0.05, 0) is 13.8 Å². The lowest BCUT2D eigenvalue weighted by molar-refractivity contribution is -0.137. The Morgan fingerprint density at radius 3 is 2.50 bits per heavy atom. The third-order valence-corrected chi connectivity index (χ3v) is 2.47. The first-order valence-corrected chi connectivity index (χ1v) is 5.85. The number of hydrogen-bond donors (Lipinski definition) is 1. The van der Waals surface area contributed by atoms with Crippen LogP contribution >= 0.6 is 0 Å². The fourth-order valence-corrected chi connectivity index (χ4v) is 1.68. The average molecular weight is 258 g/mol. The number of amides is 2. The lowest BCUT2D eigenvalue weighted by Crippen LogP contribution is -2.50. The van der Waals surface area contributed by atoms with Crippen molar-refractivity contribution in [1.82, 2.24) is 9.80 Å². The van der Waals surface area contributed by atoms with Gasteiger partial charge in [0.15, 0.2) is 0 Å². The van der Waals surface area contributed by atoms with Gasteiger partial charge in [0.2, 0.25) is 0 Å². The van der Waals surface area contributed by atoms with Crippen LogP contribution in [0.5, 0.6) is 0 Å². The van der Waals surface area contributed by atoms with Crippen LogP contribution in [0.25, 0.3) is 0 Å². The van der Waals surface area contributed by atoms with Gasteiger partial charge in [0.1, 0.15) is 6.54 Å². The van der Waals surface area contributed by atoms with Gasteiger partial charge in [-0.15, -0.1) is 6.58 Å². The summed E-state index contributed by atoms with van der Waals surface area (Å²) in [5, 5.41) is 8.78. The number of methoxy groups -OCH3 is 1. The fraction of sp³-hybridized carbons (Fsp3) is 0.667. The molecule has 0 aromatic carbocycles. The SMILES string of the molecule is C=CCN(CC(=O)O)C(=O)N(CC)C(C)COC. The number of nitrogens with zero attached hydrogens (tertiary/aromatic N) is 2. The molecule has 0 rings (SSSR count). The van der Waals surface area contributed by atoms with Crippen molar-refractivity contribution in [2.75, 3.05) is 33.4 Å². The van der Waals surface area contributed by atoms with Gasteiger partial charge in [-0.1, -0.05) is 6.08 Å². The predicted molar refractivity (Wildman–Crippen MR) is 68.5 cm³/mol. The largest absolute Gasteiger partial charge is 0.480 e. The van der Waals surface area contributed by atoms with E-state index in [1.807, 2.05) is 13.8 Å². The van der Waals surface area contributed by atoms with Crippen molar-refractivity contribution < 1.29 is 19.4 Å². The summed E-state index contributed by atoms with van der Waals surface area (Å²) in [6.07, 6.45) is 1.51. The molecule has 0 aliphatic rings. The molecule has 2 amide bonds. The van der Waals surface area contributed by atoms with Gasteiger partial charge in [-0.25, -0.2) is 4.79 Å². The Kier molecular flexibility index (Phi) is 7.78. The normalized spacial score (nSPS) is 11.7. The van der Waals surface area contributed by atoms with Crippen molar-refractivity contribution in [3.63, 3.8) is 0 Å². The number of ether oxygens (including phenoxy) is 1. The molecule has 0 aromatic rings. The minimum absolute atomic E-state index is 0.103. The Morgan fingerprint density at radius 2 is 2.11 bits per heavy atom. The number of carbonyl (C=O) groups is 2. The fourth-order valence-electron chi connectivity index (χ4n) is 1.68. The van der Waals surface area contributed by atoms with Crippen LogP contribution in [0.3, 0.4) is 0 Å². The summed E-state index contributed by atoms with van der Waals surface area (Å²) in [5.41, 5.74) is 0. The minimum atomic E-state index is -1.04. The monoisotopic (exact) mass is 258 g/mol. The third-order valence-electron chi connectivity index (χ3n) is 2.47. The summed E-state index contributed by atoms with van der Waals surface area (Å²) in [6, 6.07) is -0.419. The van der Waals surface area contributed by atoms with Crippen LogP contribution in [0.1, 0.15) is 13.8 Å². The summed E-state index contributed by atoms with van der Waals surface area (Å²) < 4.78 is 5.01. The average Bonchev–Trinajstić information content (AvgIpc) is 2.29. The van der Waals surface area contributed by atoms with Crippen LogP contribution in [0.2, 0.25) is 0 Å². The van der Waals surface area contributed by atoms with Gasteiger partial charge in [0.25, 0.3) is 0 Å². The molecule has 0 spiro atoms. The number of carbonyl (C=O) groups excluding carboxylic acids is 1. The number of aliphatic carboxylic acids is 1. The van der Waals surface area contributed by atoms with E-state index in [0.29, 0.717) is 13.2 Å². The van der Waals surface area contributed by atoms with Crippen molar-refractivity contribution in [2.45, 2.75) is 19.9 Å². The summed E-state index contributed by atoms with van der Waals surface area (Å²) in [5.74, 6) is -1.04. The first kappa shape index (κ1) is 16.4. The van der Waals surface area contributed by atoms with Crippen LogP contribution in [0.4, 0.5) is 4.79 Å². The molecule has 0 saturated heterocycles. The molecule has 0 radical (unpaired) electrons. The van der Waals surface area contributed by atoms with E-state index < -0.39 is 5.97 Å². The highest BCUT2D eigenvalue weighted by molar-refractivity contribution is 5.80. The van der Waals surface area contributed by atoms with E-state index in [1.165, 1.54) is 11.0 Å². The Labute approximate surface area is 108 Å². The van der Waals surface area contributed by atoms with Crippen molar-refractivity contribution in [3.8, 4) is 0 Å². The predicted octanol–water partition coefficient (Wildman–Crippen LogP) is 1.04. The van der Waals surface area contributed by atoms with E-state index in [0.717, 1.165) is 0 Å². The molecule has 0 aliphatic carbocycles. The van der Waals surface area contributed by atoms with Gasteiger partial charge in [0.05, 0.1) is 12.6 Å². The van der Waals surface area contributed by atoms with Crippen molar-refractivity contribution >= 4 is 12.0 Å². The first-order valence-electron chi connectivity index (χ1n) is 5.85. The van der Waals surface area contributed by atoms with E-state index in [2.05, 4.69) is 6.58 Å². The topological polar surface area (TPSA) is 70.1 Å². The second kappa shape index (κ2) is 8.52. The summed E-state index contributed by atoms with van der Waals surface area (Å²) in [7, 11) is 1.56. The maximum Gasteiger partial charge on any atom is 0.323 e. The van der Waals surface area contributed by atoms with Crippen LogP contribution in [0.15, 0.2) is 12.7 Å². The minimum Gasteiger partial charge on any atom is -0.480 e. The highest BCUT2D eigenvalue weighted by Crippen LogP contribution is 2.05. The van der Waals surface area contributed by atoms with Crippen LogP contribution in [-0.2, 0) is 9.53 Å². The second-order valence-corrected chi connectivity index (χ2v) is 3.94. The summed E-state index contributed by atoms with van der Waals surface area (Å²) in [6.45, 7) is 8.01. The zero-order valence-electron chi connectivity index (χ0n) is 11.3. The molecule has 18 heavy (non-hydrogen) atoms. The maximum atomic E-state index is 12.2. The van der Waals surface area contributed by atoms with E-state index in [4.69, 9.17) is 9.84 Å². The molecule has 6 nitrogen and oxygen atoms in total. The molecular formula is C12H22N2O4. The zero-order chi connectivity index (χ0) is 14.1. The lowest BCUT2D eigenvalue weighted by atomic mass is 10.3. The summed E-state index contributed by atoms with van der Waals surface area (Å²) in [4.78, 5) is 25.7. The number of urea groups is 1. The number of likely N-dealkylation sites (N-methyl/N-ethyl adjacent to an activating group) is 1. The van der Waals surface area contributed by atoms with Crippen molar-refractivity contribution in [1.29, 1.82) is 0 Å². The molecule has 0 heterocycles. The Bertz CT molecular complexity index is 294. The third kappa shape index (κ3) is 5.18. The van der Waals surface area contributed by atoms with Crippen molar-refractivity contribution in [3.05, 3.63) is 12.7 Å². The van der Waals surface area contributed by atoms with Crippen molar-refractivity contribution in [2.24, 2.45) is 0 Å². The molecule has 6 heteroatoms. The Hall–Kier alpha value is -1.56. The molecule has 0 bridgehead atoms. The highest BCUT2D eigenvalue weighted by Gasteiger charge is 2.24. The smallest absolute Gasteiger partial charge is 0.323 e. The standard InChI is InChI=1S/C12H22N2O4/c1-5-7-13(8-11(15)16)12(17)14(6-2)10(3)9-18-4/h5,10H,1,6-9H2,2-4H3,(H,15,16). The summed E-state index contributed by atoms with van der Waals surface area (Å²) >= 11 is 0. The molecule has 104 valence electrons. The quantitative estimate of drug-likeness (QED) is 0.660. The molecule has 1 atom stereocenters. The number of hydrogen-bond acceptors (Lipinski definition) is 3. The van der Waals surface area contributed by atoms with E-state index in [-0.39, 0.29) is 25.2 Å². The van der Waals surface area contributed by atoms with Gasteiger partial charge >= 0.3 is 12.0 Å². The van der Waals surface area contributed by atoms with E-state index in [9.17, 15) is 9.59 Å². The highest BCUT2D eigenvalue weighted by atomic mass is 16.5. The van der Waals surface area contributed by atoms with Gasteiger partial charge < -0.3 is 19.6 Å². The molecule has 1 unspecified atom stereocenters. The van der Waals surface area contributed by atoms with E-state index >= 15 is 0 Å². The van der Waals surface area contributed by atoms with Crippen LogP contribution in [0, 0.1) is 0 Å². The van der Waals surface area contributed by atoms with Crippen LogP contribution < -0.4 is 0 Å². The zero-order valence-corrected chi connectivity index (χ0v) is 11.3. The second-order valence-electron chi connectivity index (χ2n) is 3.94. The van der Waals surface area contributed by atoms with Crippen LogP contribution in [-0.4, -0.2) is 66.3 Å². The van der Waals surface area contributed by atoms with Gasteiger partial charge in [0, 0.05) is 20.2 Å². The van der Waals surface area contributed by atoms with Gasteiger partial charge in [-0.3, -0.25) is 4.79 Å². The molecular weight excluding hydrogens is 236 g/mol. The molecule has 1 N–H and O–H groups in total. The lowest BCUT2D eigenvalue weighted by Gasteiger charge is -2.32. The number of carboxylic acid groups (broad SMARTS) is 1.